The lowest BCUT2D eigenvalue weighted by atomic mass is 10.0. The number of benzene rings is 2. The van der Waals surface area contributed by atoms with E-state index in [2.05, 4.69) is 65.5 Å². The predicted molar refractivity (Wildman–Crippen MR) is 168 cm³/mol. The number of rotatable bonds is 9. The SMILES string of the molecule is C=CCCc1ccc(/C(=C/C)N2C=CN=C(Nc3ccc(C(=C)N4CCN(C(=C)C)CC4)c(C)c3)C2=C)c(F)c1F. The minimum atomic E-state index is -0.884. The first-order chi connectivity index (χ1) is 19.7. The number of amidine groups is 1. The van der Waals surface area contributed by atoms with Crippen molar-refractivity contribution >= 4 is 22.9 Å². The lowest BCUT2D eigenvalue weighted by Crippen LogP contribution is -2.44. The van der Waals surface area contributed by atoms with Gasteiger partial charge in [0.2, 0.25) is 0 Å². The van der Waals surface area contributed by atoms with E-state index in [0.717, 1.165) is 54.4 Å². The Morgan fingerprint density at radius 1 is 1.02 bits per heavy atom. The van der Waals surface area contributed by atoms with Crippen molar-refractivity contribution in [3.05, 3.63) is 126 Å². The van der Waals surface area contributed by atoms with Crippen molar-refractivity contribution in [1.29, 1.82) is 0 Å². The molecule has 5 nitrogen and oxygen atoms in total. The Balaban J connectivity index is 1.48. The van der Waals surface area contributed by atoms with Crippen LogP contribution in [0.4, 0.5) is 14.5 Å². The molecule has 0 saturated carbocycles. The zero-order valence-electron chi connectivity index (χ0n) is 24.3. The van der Waals surface area contributed by atoms with Gasteiger partial charge in [-0.3, -0.25) is 0 Å². The van der Waals surface area contributed by atoms with Crippen LogP contribution >= 0.6 is 0 Å². The van der Waals surface area contributed by atoms with Crippen molar-refractivity contribution in [2.75, 3.05) is 31.5 Å². The summed E-state index contributed by atoms with van der Waals surface area (Å²) in [6.07, 6.45) is 7.70. The molecule has 0 radical (unpaired) electrons. The highest BCUT2D eigenvalue weighted by atomic mass is 19.2. The number of aliphatic imine (C=N–C) groups is 1. The monoisotopic (exact) mass is 555 g/mol. The van der Waals surface area contributed by atoms with Gasteiger partial charge in [0.25, 0.3) is 0 Å². The van der Waals surface area contributed by atoms with Crippen LogP contribution in [0, 0.1) is 18.6 Å². The summed E-state index contributed by atoms with van der Waals surface area (Å²) in [7, 11) is 0. The van der Waals surface area contributed by atoms with Gasteiger partial charge in [-0.2, -0.15) is 0 Å². The quantitative estimate of drug-likeness (QED) is 0.322. The number of allylic oxidation sites excluding steroid dienone is 3. The highest BCUT2D eigenvalue weighted by molar-refractivity contribution is 6.09. The highest BCUT2D eigenvalue weighted by Crippen LogP contribution is 2.31. The van der Waals surface area contributed by atoms with Crippen LogP contribution in [0.1, 0.15) is 42.5 Å². The fraction of sp³-hybridized carbons (Fsp3) is 0.265. The normalized spacial score (nSPS) is 15.6. The van der Waals surface area contributed by atoms with E-state index in [4.69, 9.17) is 0 Å². The zero-order valence-corrected chi connectivity index (χ0v) is 24.3. The first-order valence-electron chi connectivity index (χ1n) is 13.9. The molecule has 2 aromatic rings. The molecule has 0 spiro atoms. The molecule has 0 aliphatic carbocycles. The Labute approximate surface area is 242 Å². The molecule has 2 heterocycles. The van der Waals surface area contributed by atoms with E-state index in [0.29, 0.717) is 35.6 Å². The van der Waals surface area contributed by atoms with Gasteiger partial charge < -0.3 is 20.0 Å². The van der Waals surface area contributed by atoms with Crippen LogP contribution in [0.3, 0.4) is 0 Å². The average molecular weight is 556 g/mol. The summed E-state index contributed by atoms with van der Waals surface area (Å²) in [5.41, 5.74) is 6.59. The van der Waals surface area contributed by atoms with Crippen LogP contribution in [0.5, 0.6) is 0 Å². The van der Waals surface area contributed by atoms with Gasteiger partial charge in [-0.15, -0.1) is 6.58 Å². The van der Waals surface area contributed by atoms with Gasteiger partial charge >= 0.3 is 0 Å². The van der Waals surface area contributed by atoms with Gasteiger partial charge in [-0.25, -0.2) is 13.8 Å². The molecule has 2 aromatic carbocycles. The molecule has 0 unspecified atom stereocenters. The topological polar surface area (TPSA) is 34.1 Å². The Morgan fingerprint density at radius 2 is 1.71 bits per heavy atom. The second kappa shape index (κ2) is 12.9. The molecule has 2 aliphatic rings. The third-order valence-electron chi connectivity index (χ3n) is 7.57. The molecular formula is C34H39F2N5. The van der Waals surface area contributed by atoms with Crippen molar-refractivity contribution in [3.63, 3.8) is 0 Å². The van der Waals surface area contributed by atoms with Gasteiger partial charge in [-0.1, -0.05) is 44.0 Å². The van der Waals surface area contributed by atoms with E-state index in [1.165, 1.54) is 0 Å². The van der Waals surface area contributed by atoms with Gasteiger partial charge in [0.15, 0.2) is 17.5 Å². The molecule has 0 bridgehead atoms. The largest absolute Gasteiger partial charge is 0.372 e. The van der Waals surface area contributed by atoms with Crippen LogP contribution in [0.2, 0.25) is 0 Å². The molecule has 1 fully saturated rings. The number of nitrogens with one attached hydrogen (secondary N) is 1. The second-order valence-electron chi connectivity index (χ2n) is 10.3. The fourth-order valence-corrected chi connectivity index (χ4v) is 5.18. The van der Waals surface area contributed by atoms with E-state index in [1.807, 2.05) is 13.0 Å². The number of hydrogen-bond acceptors (Lipinski definition) is 5. The van der Waals surface area contributed by atoms with Crippen LogP contribution in [-0.4, -0.2) is 46.7 Å². The Hall–Kier alpha value is -4.39. The Morgan fingerprint density at radius 3 is 2.34 bits per heavy atom. The number of nitrogens with zero attached hydrogens (tertiary/aromatic N) is 4. The van der Waals surface area contributed by atoms with E-state index in [1.54, 1.807) is 48.5 Å². The van der Waals surface area contributed by atoms with Gasteiger partial charge in [0.05, 0.1) is 11.4 Å². The van der Waals surface area contributed by atoms with E-state index in [9.17, 15) is 4.39 Å². The third-order valence-corrected chi connectivity index (χ3v) is 7.57. The summed E-state index contributed by atoms with van der Waals surface area (Å²) in [5.74, 6) is -1.21. The third kappa shape index (κ3) is 6.35. The number of hydrogen-bond donors (Lipinski definition) is 1. The molecule has 0 atom stereocenters. The van der Waals surface area contributed by atoms with Crippen molar-refractivity contribution < 1.29 is 8.78 Å². The lowest BCUT2D eigenvalue weighted by molar-refractivity contribution is 0.214. The van der Waals surface area contributed by atoms with Crippen LogP contribution in [0.15, 0.2) is 97.6 Å². The van der Waals surface area contributed by atoms with Gasteiger partial charge in [0.1, 0.15) is 0 Å². The van der Waals surface area contributed by atoms with Crippen molar-refractivity contribution in [2.24, 2.45) is 4.99 Å². The molecule has 2 aliphatic heterocycles. The summed E-state index contributed by atoms with van der Waals surface area (Å²) in [6, 6.07) is 9.34. The van der Waals surface area contributed by atoms with Gasteiger partial charge in [-0.05, 0) is 62.9 Å². The number of aryl methyl sites for hydroxylation is 2. The second-order valence-corrected chi connectivity index (χ2v) is 10.3. The minimum Gasteiger partial charge on any atom is -0.372 e. The maximum Gasteiger partial charge on any atom is 0.168 e. The molecule has 1 N–H and O–H groups in total. The summed E-state index contributed by atoms with van der Waals surface area (Å²) < 4.78 is 30.1. The first kappa shape index (κ1) is 29.6. The zero-order chi connectivity index (χ0) is 29.7. The maximum atomic E-state index is 15.2. The summed E-state index contributed by atoms with van der Waals surface area (Å²) in [5, 5.41) is 3.35. The summed E-state index contributed by atoms with van der Waals surface area (Å²) in [6.45, 7) is 25.9. The van der Waals surface area contributed by atoms with E-state index in [-0.39, 0.29) is 5.56 Å². The molecule has 0 aromatic heterocycles. The van der Waals surface area contributed by atoms with Gasteiger partial charge in [0, 0.05) is 66.8 Å². The molecule has 7 heteroatoms. The number of anilines is 1. The first-order valence-corrected chi connectivity index (χ1v) is 13.9. The Bertz CT molecular complexity index is 1460. The Kier molecular flexibility index (Phi) is 9.28. The molecule has 41 heavy (non-hydrogen) atoms. The van der Waals surface area contributed by atoms with Crippen LogP contribution < -0.4 is 5.32 Å². The smallest absolute Gasteiger partial charge is 0.168 e. The molecule has 0 amide bonds. The van der Waals surface area contributed by atoms with E-state index >= 15 is 4.39 Å². The molecular weight excluding hydrogens is 516 g/mol. The fourth-order valence-electron chi connectivity index (χ4n) is 5.18. The van der Waals surface area contributed by atoms with Crippen LogP contribution in [0.25, 0.3) is 11.4 Å². The number of halogens is 2. The van der Waals surface area contributed by atoms with Crippen molar-refractivity contribution in [3.8, 4) is 0 Å². The highest BCUT2D eigenvalue weighted by Gasteiger charge is 2.24. The molecule has 4 rings (SSSR count). The minimum absolute atomic E-state index is 0.155. The maximum absolute atomic E-state index is 15.2. The van der Waals surface area contributed by atoms with Crippen molar-refractivity contribution in [2.45, 2.75) is 33.6 Å². The summed E-state index contributed by atoms with van der Waals surface area (Å²) >= 11 is 0. The van der Waals surface area contributed by atoms with Crippen molar-refractivity contribution in [1.82, 2.24) is 14.7 Å². The average Bonchev–Trinajstić information content (AvgIpc) is 2.96. The molecule has 214 valence electrons. The predicted octanol–water partition coefficient (Wildman–Crippen LogP) is 7.69. The summed E-state index contributed by atoms with van der Waals surface area (Å²) in [4.78, 5) is 10.8. The lowest BCUT2D eigenvalue weighted by Gasteiger charge is -2.38. The molecule has 1 saturated heterocycles. The van der Waals surface area contributed by atoms with E-state index < -0.39 is 11.6 Å². The number of piperazine rings is 1. The standard InChI is InChI=1S/C34H39F2N5/c1-8-10-11-27-12-14-30(33(36)32(27)35)31(9-2)41-17-16-37-34(26(41)7)38-28-13-15-29(24(5)22-28)25(6)40-20-18-39(19-21-40)23(3)4/h8-9,12-17,22H,1,3,6-7,10-11,18-21H2,2,4-5H3,(H,37,38)/b31-9-. The van der Waals surface area contributed by atoms with Crippen LogP contribution in [-0.2, 0) is 6.42 Å².